The van der Waals surface area contributed by atoms with Crippen molar-refractivity contribution in [2.45, 2.75) is 0 Å². The minimum Gasteiger partial charge on any atom is -0.494 e. The van der Waals surface area contributed by atoms with Crippen LogP contribution in [0.25, 0.3) is 0 Å². The van der Waals surface area contributed by atoms with Crippen LogP contribution in [0.2, 0.25) is 0 Å². The summed E-state index contributed by atoms with van der Waals surface area (Å²) in [5.74, 6) is 1.92. The predicted molar refractivity (Wildman–Crippen MR) is 107 cm³/mol. The van der Waals surface area contributed by atoms with Crippen LogP contribution in [0.15, 0.2) is 17.2 Å². The van der Waals surface area contributed by atoms with E-state index in [9.17, 15) is 4.79 Å². The minimum atomic E-state index is -0.197. The molecule has 1 aromatic rings. The van der Waals surface area contributed by atoms with Crippen molar-refractivity contribution in [1.82, 2.24) is 10.3 Å². The average molecular weight is 405 g/mol. The Labute approximate surface area is 164 Å². The van der Waals surface area contributed by atoms with E-state index in [4.69, 9.17) is 32.7 Å². The summed E-state index contributed by atoms with van der Waals surface area (Å²) in [5, 5.41) is 3.97. The first-order valence-corrected chi connectivity index (χ1v) is 9.13. The van der Waals surface area contributed by atoms with Gasteiger partial charge in [0.1, 0.15) is 17.2 Å². The van der Waals surface area contributed by atoms with E-state index in [-0.39, 0.29) is 12.5 Å². The highest BCUT2D eigenvalue weighted by Gasteiger charge is 2.18. The molecular weight excluding hydrogens is 379 g/mol. The van der Waals surface area contributed by atoms with Crippen LogP contribution in [0.4, 0.5) is 5.69 Å². The summed E-state index contributed by atoms with van der Waals surface area (Å²) in [6, 6.07) is 3.63. The van der Waals surface area contributed by atoms with Crippen molar-refractivity contribution in [2.24, 2.45) is 5.10 Å². The number of rotatable bonds is 11. The third-order valence-corrected chi connectivity index (χ3v) is 3.73. The molecule has 0 aliphatic heterocycles. The highest BCUT2D eigenvalue weighted by atomic mass is 35.5. The molecule has 0 saturated heterocycles. The van der Waals surface area contributed by atoms with Crippen LogP contribution in [0.5, 0.6) is 11.5 Å². The van der Waals surface area contributed by atoms with Crippen LogP contribution in [-0.2, 0) is 4.79 Å². The predicted octanol–water partition coefficient (Wildman–Crippen LogP) is 2.00. The number of alkyl halides is 2. The van der Waals surface area contributed by atoms with E-state index in [2.05, 4.69) is 10.5 Å². The van der Waals surface area contributed by atoms with Crippen LogP contribution in [-0.4, -0.2) is 76.7 Å². The highest BCUT2D eigenvalue weighted by molar-refractivity contribution is 6.18. The number of benzene rings is 1. The molecule has 0 aliphatic carbocycles. The number of anilines is 1. The molecule has 7 nitrogen and oxygen atoms in total. The van der Waals surface area contributed by atoms with Crippen LogP contribution in [0, 0.1) is 0 Å². The lowest BCUT2D eigenvalue weighted by atomic mass is 10.1. The summed E-state index contributed by atoms with van der Waals surface area (Å²) in [7, 11) is 6.78. The lowest BCUT2D eigenvalue weighted by Gasteiger charge is -2.27. The van der Waals surface area contributed by atoms with Gasteiger partial charge >= 0.3 is 0 Å². The summed E-state index contributed by atoms with van der Waals surface area (Å²) in [6.45, 7) is 1.47. The maximum atomic E-state index is 11.6. The summed E-state index contributed by atoms with van der Waals surface area (Å²) in [6.07, 6.45) is 1.54. The molecule has 0 spiro atoms. The number of halogens is 2. The fraction of sp³-hybridized carbons (Fsp3) is 0.529. The molecule has 0 bridgehead atoms. The van der Waals surface area contributed by atoms with Gasteiger partial charge in [0.05, 0.1) is 27.0 Å². The second-order valence-corrected chi connectivity index (χ2v) is 6.43. The molecule has 0 unspecified atom stereocenters. The number of hydrazone groups is 1. The number of hydrogen-bond acceptors (Lipinski definition) is 6. The van der Waals surface area contributed by atoms with Gasteiger partial charge in [-0.25, -0.2) is 5.43 Å². The number of likely N-dealkylation sites (N-methyl/N-ethyl adjacent to an activating group) is 1. The van der Waals surface area contributed by atoms with Crippen molar-refractivity contribution >= 4 is 41.0 Å². The Morgan fingerprint density at radius 2 is 1.69 bits per heavy atom. The molecule has 0 heterocycles. The van der Waals surface area contributed by atoms with E-state index >= 15 is 0 Å². The van der Waals surface area contributed by atoms with Gasteiger partial charge in [-0.3, -0.25) is 4.79 Å². The number of nitrogens with one attached hydrogen (secondary N) is 1. The molecule has 0 radical (unpaired) electrons. The van der Waals surface area contributed by atoms with Gasteiger partial charge in [-0.15, -0.1) is 23.2 Å². The summed E-state index contributed by atoms with van der Waals surface area (Å²) >= 11 is 11.8. The molecular formula is C17H26Cl2N4O3. The van der Waals surface area contributed by atoms with E-state index in [0.717, 1.165) is 11.3 Å². The molecule has 26 heavy (non-hydrogen) atoms. The molecule has 1 aromatic carbocycles. The lowest BCUT2D eigenvalue weighted by molar-refractivity contribution is -0.121. The maximum absolute atomic E-state index is 11.6. The third kappa shape index (κ3) is 6.90. The van der Waals surface area contributed by atoms with Crippen molar-refractivity contribution in [3.63, 3.8) is 0 Å². The Morgan fingerprint density at radius 3 is 2.12 bits per heavy atom. The van der Waals surface area contributed by atoms with E-state index in [1.54, 1.807) is 19.1 Å². The maximum Gasteiger partial charge on any atom is 0.254 e. The van der Waals surface area contributed by atoms with Crippen molar-refractivity contribution in [3.05, 3.63) is 17.7 Å². The van der Waals surface area contributed by atoms with Crippen LogP contribution in [0.3, 0.4) is 0 Å². The molecule has 146 valence electrons. The number of ether oxygens (including phenoxy) is 2. The summed E-state index contributed by atoms with van der Waals surface area (Å²) < 4.78 is 11.0. The number of nitrogens with zero attached hydrogens (tertiary/aromatic N) is 3. The fourth-order valence-electron chi connectivity index (χ4n) is 2.34. The molecule has 0 saturated carbocycles. The van der Waals surface area contributed by atoms with Gasteiger partial charge < -0.3 is 19.3 Å². The van der Waals surface area contributed by atoms with Crippen molar-refractivity contribution in [3.8, 4) is 11.5 Å². The van der Waals surface area contributed by atoms with E-state index in [1.807, 2.05) is 31.1 Å². The zero-order chi connectivity index (χ0) is 19.5. The standard InChI is InChI=1S/C17H26Cl2N4O3/c1-22(2)12-16(24)21-20-11-13-9-14(25-3)17(15(10-13)26-4)23(7-5-18)8-6-19/h9-11H,5-8,12H2,1-4H3,(H,21,24). The average Bonchev–Trinajstić information content (AvgIpc) is 2.60. The van der Waals surface area contributed by atoms with Crippen molar-refractivity contribution in [2.75, 3.05) is 64.6 Å². The zero-order valence-electron chi connectivity index (χ0n) is 15.6. The quantitative estimate of drug-likeness (QED) is 0.347. The van der Waals surface area contributed by atoms with Gasteiger partial charge in [0.2, 0.25) is 0 Å². The highest BCUT2D eigenvalue weighted by Crippen LogP contribution is 2.39. The second-order valence-electron chi connectivity index (χ2n) is 5.67. The molecule has 1 rings (SSSR count). The molecule has 0 fully saturated rings. The van der Waals surface area contributed by atoms with Crippen molar-refractivity contribution < 1.29 is 14.3 Å². The smallest absolute Gasteiger partial charge is 0.254 e. The zero-order valence-corrected chi connectivity index (χ0v) is 17.1. The molecule has 0 atom stereocenters. The number of carbonyl (C=O) groups is 1. The first-order valence-electron chi connectivity index (χ1n) is 8.06. The van der Waals surface area contributed by atoms with Gasteiger partial charge in [0, 0.05) is 30.4 Å². The molecule has 0 aromatic heterocycles. The first-order chi connectivity index (χ1) is 12.5. The molecule has 1 N–H and O–H groups in total. The van der Waals surface area contributed by atoms with Crippen LogP contribution < -0.4 is 19.8 Å². The topological polar surface area (TPSA) is 66.4 Å². The van der Waals surface area contributed by atoms with E-state index < -0.39 is 0 Å². The van der Waals surface area contributed by atoms with Gasteiger partial charge in [-0.1, -0.05) is 0 Å². The van der Waals surface area contributed by atoms with Gasteiger partial charge in [-0.05, 0) is 26.2 Å². The molecule has 9 heteroatoms. The monoisotopic (exact) mass is 404 g/mol. The van der Waals surface area contributed by atoms with Gasteiger partial charge in [-0.2, -0.15) is 5.10 Å². The van der Waals surface area contributed by atoms with E-state index in [1.165, 1.54) is 6.21 Å². The third-order valence-electron chi connectivity index (χ3n) is 3.39. The Balaban J connectivity index is 3.09. The minimum absolute atomic E-state index is 0.197. The number of carbonyl (C=O) groups excluding carboxylic acids is 1. The second kappa shape index (κ2) is 11.8. The molecule has 1 amide bonds. The Kier molecular flexibility index (Phi) is 10.2. The van der Waals surface area contributed by atoms with Crippen LogP contribution >= 0.6 is 23.2 Å². The summed E-state index contributed by atoms with van der Waals surface area (Å²) in [4.78, 5) is 15.4. The summed E-state index contributed by atoms with van der Waals surface area (Å²) in [5.41, 5.74) is 3.99. The SMILES string of the molecule is COc1cc(C=NNC(=O)CN(C)C)cc(OC)c1N(CCCl)CCCl. The Morgan fingerprint density at radius 1 is 1.15 bits per heavy atom. The first kappa shape index (κ1) is 22.3. The van der Waals surface area contributed by atoms with Gasteiger partial charge in [0.15, 0.2) is 0 Å². The Bertz CT molecular complexity index is 581. The number of methoxy groups -OCH3 is 2. The largest absolute Gasteiger partial charge is 0.494 e. The fourth-order valence-corrected chi connectivity index (χ4v) is 2.75. The molecule has 0 aliphatic rings. The van der Waals surface area contributed by atoms with E-state index in [0.29, 0.717) is 36.3 Å². The van der Waals surface area contributed by atoms with Gasteiger partial charge in [0.25, 0.3) is 5.91 Å². The normalized spacial score (nSPS) is 11.0. The Hall–Kier alpha value is -1.70. The lowest BCUT2D eigenvalue weighted by Crippen LogP contribution is -2.30. The van der Waals surface area contributed by atoms with Crippen LogP contribution in [0.1, 0.15) is 5.56 Å². The number of hydrogen-bond donors (Lipinski definition) is 1. The number of amides is 1. The van der Waals surface area contributed by atoms with Crippen molar-refractivity contribution in [1.29, 1.82) is 0 Å².